The molecule has 3 heteroatoms. The lowest BCUT2D eigenvalue weighted by molar-refractivity contribution is -0.0416. The van der Waals surface area contributed by atoms with Gasteiger partial charge >= 0.3 is 0 Å². The van der Waals surface area contributed by atoms with E-state index in [2.05, 4.69) is 37.6 Å². The first-order chi connectivity index (χ1) is 8.61. The SMILES string of the molecule is CCCCCN1CCO[C@@H](CN(C)CC(C)C)C1. The van der Waals surface area contributed by atoms with Crippen molar-refractivity contribution in [1.29, 1.82) is 0 Å². The second kappa shape index (κ2) is 8.89. The zero-order valence-corrected chi connectivity index (χ0v) is 12.8. The van der Waals surface area contributed by atoms with Gasteiger partial charge in [-0.05, 0) is 25.9 Å². The summed E-state index contributed by atoms with van der Waals surface area (Å²) in [5.41, 5.74) is 0. The Morgan fingerprint density at radius 1 is 1.33 bits per heavy atom. The van der Waals surface area contributed by atoms with Crippen LogP contribution in [0.1, 0.15) is 40.0 Å². The molecule has 1 aliphatic rings. The lowest BCUT2D eigenvalue weighted by atomic mass is 10.2. The normalized spacial score (nSPS) is 22.0. The highest BCUT2D eigenvalue weighted by molar-refractivity contribution is 4.74. The molecule has 1 atom stereocenters. The fourth-order valence-electron chi connectivity index (χ4n) is 2.72. The van der Waals surface area contributed by atoms with E-state index in [0.717, 1.165) is 38.7 Å². The lowest BCUT2D eigenvalue weighted by Gasteiger charge is -2.35. The predicted octanol–water partition coefficient (Wildman–Crippen LogP) is 2.47. The summed E-state index contributed by atoms with van der Waals surface area (Å²) in [6.07, 6.45) is 4.41. The number of rotatable bonds is 8. The molecule has 1 saturated heterocycles. The number of ether oxygens (including phenoxy) is 1. The van der Waals surface area contributed by atoms with E-state index in [4.69, 9.17) is 4.74 Å². The van der Waals surface area contributed by atoms with Crippen LogP contribution >= 0.6 is 0 Å². The summed E-state index contributed by atoms with van der Waals surface area (Å²) < 4.78 is 5.88. The van der Waals surface area contributed by atoms with Gasteiger partial charge in [-0.2, -0.15) is 0 Å². The fourth-order valence-corrected chi connectivity index (χ4v) is 2.72. The van der Waals surface area contributed by atoms with Crippen molar-refractivity contribution < 1.29 is 4.74 Å². The van der Waals surface area contributed by atoms with Crippen LogP contribution in [0.25, 0.3) is 0 Å². The molecule has 0 aromatic rings. The van der Waals surface area contributed by atoms with Crippen LogP contribution in [0.3, 0.4) is 0 Å². The Bertz CT molecular complexity index is 209. The quantitative estimate of drug-likeness (QED) is 0.621. The molecule has 0 saturated carbocycles. The second-order valence-corrected chi connectivity index (χ2v) is 6.12. The molecule has 0 aliphatic carbocycles. The molecule has 0 spiro atoms. The second-order valence-electron chi connectivity index (χ2n) is 6.12. The summed E-state index contributed by atoms with van der Waals surface area (Å²) in [6, 6.07) is 0. The van der Waals surface area contributed by atoms with E-state index in [0.29, 0.717) is 6.10 Å². The molecule has 0 N–H and O–H groups in total. The number of nitrogens with zero attached hydrogens (tertiary/aromatic N) is 2. The summed E-state index contributed by atoms with van der Waals surface area (Å²) >= 11 is 0. The van der Waals surface area contributed by atoms with Gasteiger partial charge in [-0.25, -0.2) is 0 Å². The average molecular weight is 256 g/mol. The zero-order chi connectivity index (χ0) is 13.4. The van der Waals surface area contributed by atoms with E-state index in [1.807, 2.05) is 0 Å². The Morgan fingerprint density at radius 3 is 2.78 bits per heavy atom. The van der Waals surface area contributed by atoms with E-state index in [1.54, 1.807) is 0 Å². The Kier molecular flexibility index (Phi) is 7.87. The minimum absolute atomic E-state index is 0.407. The van der Waals surface area contributed by atoms with Crippen molar-refractivity contribution in [1.82, 2.24) is 9.80 Å². The Labute approximate surface area is 113 Å². The van der Waals surface area contributed by atoms with Gasteiger partial charge in [-0.3, -0.25) is 4.90 Å². The van der Waals surface area contributed by atoms with E-state index < -0.39 is 0 Å². The third kappa shape index (κ3) is 6.72. The van der Waals surface area contributed by atoms with E-state index in [9.17, 15) is 0 Å². The van der Waals surface area contributed by atoms with Crippen LogP contribution in [0, 0.1) is 5.92 Å². The van der Waals surface area contributed by atoms with Crippen LogP contribution in [0.15, 0.2) is 0 Å². The van der Waals surface area contributed by atoms with Gasteiger partial charge in [0, 0.05) is 26.2 Å². The van der Waals surface area contributed by atoms with Crippen LogP contribution in [0.2, 0.25) is 0 Å². The minimum Gasteiger partial charge on any atom is -0.374 e. The van der Waals surface area contributed by atoms with Gasteiger partial charge in [0.2, 0.25) is 0 Å². The molecule has 1 rings (SSSR count). The standard InChI is InChI=1S/C15H32N2O/c1-5-6-7-8-17-9-10-18-15(13-17)12-16(4)11-14(2)3/h14-15H,5-13H2,1-4H3/t15-/m0/s1. The maximum atomic E-state index is 5.88. The number of morpholine rings is 1. The topological polar surface area (TPSA) is 15.7 Å². The van der Waals surface area contributed by atoms with Gasteiger partial charge in [-0.1, -0.05) is 33.6 Å². The van der Waals surface area contributed by atoms with Gasteiger partial charge in [0.1, 0.15) is 0 Å². The molecule has 3 nitrogen and oxygen atoms in total. The summed E-state index contributed by atoms with van der Waals surface area (Å²) in [6.45, 7) is 13.4. The molecule has 18 heavy (non-hydrogen) atoms. The van der Waals surface area contributed by atoms with Gasteiger partial charge in [0.15, 0.2) is 0 Å². The van der Waals surface area contributed by atoms with Crippen molar-refractivity contribution >= 4 is 0 Å². The van der Waals surface area contributed by atoms with E-state index in [1.165, 1.54) is 25.8 Å². The van der Waals surface area contributed by atoms with Crippen molar-refractivity contribution in [3.05, 3.63) is 0 Å². The zero-order valence-electron chi connectivity index (χ0n) is 12.8. The molecule has 1 heterocycles. The number of hydrogen-bond donors (Lipinski definition) is 0. The third-order valence-corrected chi connectivity index (χ3v) is 3.49. The number of hydrogen-bond acceptors (Lipinski definition) is 3. The van der Waals surface area contributed by atoms with Crippen LogP contribution in [0.5, 0.6) is 0 Å². The van der Waals surface area contributed by atoms with Gasteiger partial charge < -0.3 is 9.64 Å². The minimum atomic E-state index is 0.407. The fraction of sp³-hybridized carbons (Fsp3) is 1.00. The van der Waals surface area contributed by atoms with Crippen molar-refractivity contribution in [2.75, 3.05) is 46.4 Å². The smallest absolute Gasteiger partial charge is 0.0829 e. The molecular formula is C15H32N2O. The Morgan fingerprint density at radius 2 is 2.11 bits per heavy atom. The molecule has 1 aliphatic heterocycles. The summed E-state index contributed by atoms with van der Waals surface area (Å²) in [5.74, 6) is 0.735. The van der Waals surface area contributed by atoms with Crippen molar-refractivity contribution in [2.24, 2.45) is 5.92 Å². The highest BCUT2D eigenvalue weighted by atomic mass is 16.5. The first kappa shape index (κ1) is 15.9. The lowest BCUT2D eigenvalue weighted by Crippen LogP contribution is -2.47. The van der Waals surface area contributed by atoms with Gasteiger partial charge in [0.05, 0.1) is 12.7 Å². The molecule has 0 radical (unpaired) electrons. The molecule has 108 valence electrons. The average Bonchev–Trinajstić information content (AvgIpc) is 2.28. The summed E-state index contributed by atoms with van der Waals surface area (Å²) in [5, 5.41) is 0. The molecule has 0 aromatic heterocycles. The predicted molar refractivity (Wildman–Crippen MR) is 78.0 cm³/mol. The van der Waals surface area contributed by atoms with Crippen LogP contribution in [-0.2, 0) is 4.74 Å². The summed E-state index contributed by atoms with van der Waals surface area (Å²) in [4.78, 5) is 4.98. The van der Waals surface area contributed by atoms with E-state index in [-0.39, 0.29) is 0 Å². The Hall–Kier alpha value is -0.120. The van der Waals surface area contributed by atoms with E-state index >= 15 is 0 Å². The summed E-state index contributed by atoms with van der Waals surface area (Å²) in [7, 11) is 2.21. The first-order valence-electron chi connectivity index (χ1n) is 7.64. The largest absolute Gasteiger partial charge is 0.374 e. The molecular weight excluding hydrogens is 224 g/mol. The maximum Gasteiger partial charge on any atom is 0.0829 e. The first-order valence-corrected chi connectivity index (χ1v) is 7.64. The van der Waals surface area contributed by atoms with Crippen molar-refractivity contribution in [3.63, 3.8) is 0 Å². The highest BCUT2D eigenvalue weighted by Crippen LogP contribution is 2.09. The van der Waals surface area contributed by atoms with Crippen LogP contribution in [-0.4, -0.2) is 62.3 Å². The molecule has 0 unspecified atom stereocenters. The highest BCUT2D eigenvalue weighted by Gasteiger charge is 2.21. The van der Waals surface area contributed by atoms with Crippen LogP contribution < -0.4 is 0 Å². The monoisotopic (exact) mass is 256 g/mol. The maximum absolute atomic E-state index is 5.88. The van der Waals surface area contributed by atoms with Gasteiger partial charge in [-0.15, -0.1) is 0 Å². The molecule has 0 amide bonds. The molecule has 1 fully saturated rings. The van der Waals surface area contributed by atoms with Gasteiger partial charge in [0.25, 0.3) is 0 Å². The molecule has 0 bridgehead atoms. The molecule has 0 aromatic carbocycles. The number of likely N-dealkylation sites (N-methyl/N-ethyl adjacent to an activating group) is 1. The Balaban J connectivity index is 2.21. The van der Waals surface area contributed by atoms with Crippen molar-refractivity contribution in [2.45, 2.75) is 46.1 Å². The number of unbranched alkanes of at least 4 members (excludes halogenated alkanes) is 2. The third-order valence-electron chi connectivity index (χ3n) is 3.49. The van der Waals surface area contributed by atoms with Crippen molar-refractivity contribution in [3.8, 4) is 0 Å². The van der Waals surface area contributed by atoms with Crippen LogP contribution in [0.4, 0.5) is 0 Å².